The molecule has 0 spiro atoms. The van der Waals surface area contributed by atoms with Crippen molar-refractivity contribution in [3.63, 3.8) is 0 Å². The fourth-order valence-electron chi connectivity index (χ4n) is 2.44. The average molecular weight is 231 g/mol. The Balaban J connectivity index is 2.27. The van der Waals surface area contributed by atoms with Gasteiger partial charge in [0.2, 0.25) is 0 Å². The Morgan fingerprint density at radius 2 is 1.76 bits per heavy atom. The van der Waals surface area contributed by atoms with Crippen molar-refractivity contribution >= 4 is 11.5 Å². The van der Waals surface area contributed by atoms with Gasteiger partial charge < -0.3 is 4.90 Å². The van der Waals surface area contributed by atoms with Crippen molar-refractivity contribution in [2.24, 2.45) is 0 Å². The van der Waals surface area contributed by atoms with Crippen LogP contribution in [0.15, 0.2) is 24.3 Å². The maximum atomic E-state index is 11.8. The highest BCUT2D eigenvalue weighted by atomic mass is 16.1. The first-order valence-electron chi connectivity index (χ1n) is 6.34. The van der Waals surface area contributed by atoms with Gasteiger partial charge in [0.1, 0.15) is 0 Å². The first kappa shape index (κ1) is 12.2. The van der Waals surface area contributed by atoms with E-state index in [9.17, 15) is 4.79 Å². The minimum atomic E-state index is -0.348. The van der Waals surface area contributed by atoms with Gasteiger partial charge in [-0.15, -0.1) is 0 Å². The summed E-state index contributed by atoms with van der Waals surface area (Å²) in [6.45, 7) is 9.25. The molecule has 0 N–H and O–H groups in total. The van der Waals surface area contributed by atoms with Crippen molar-refractivity contribution in [2.75, 3.05) is 11.4 Å². The van der Waals surface area contributed by atoms with E-state index < -0.39 is 0 Å². The third-order valence-electron chi connectivity index (χ3n) is 3.79. The van der Waals surface area contributed by atoms with Crippen LogP contribution in [0.4, 0.5) is 5.69 Å². The molecule has 92 valence electrons. The summed E-state index contributed by atoms with van der Waals surface area (Å²) in [6.07, 6.45) is 0.666. The molecule has 0 atom stereocenters. The van der Waals surface area contributed by atoms with E-state index in [1.54, 1.807) is 0 Å². The summed E-state index contributed by atoms with van der Waals surface area (Å²) >= 11 is 0. The van der Waals surface area contributed by atoms with Crippen molar-refractivity contribution in [2.45, 2.75) is 45.6 Å². The van der Waals surface area contributed by atoms with E-state index >= 15 is 0 Å². The fourth-order valence-corrected chi connectivity index (χ4v) is 2.44. The Morgan fingerprint density at radius 3 is 2.18 bits per heavy atom. The van der Waals surface area contributed by atoms with Gasteiger partial charge in [0.15, 0.2) is 5.78 Å². The molecule has 1 aliphatic heterocycles. The molecule has 17 heavy (non-hydrogen) atoms. The maximum absolute atomic E-state index is 11.8. The van der Waals surface area contributed by atoms with Crippen LogP contribution in [-0.4, -0.2) is 17.9 Å². The minimum Gasteiger partial charge on any atom is -0.359 e. The van der Waals surface area contributed by atoms with Crippen LogP contribution < -0.4 is 4.90 Å². The molecule has 2 heteroatoms. The van der Waals surface area contributed by atoms with Crippen LogP contribution in [0.25, 0.3) is 0 Å². The molecule has 1 aliphatic rings. The van der Waals surface area contributed by atoms with Crippen LogP contribution in [0.5, 0.6) is 0 Å². The lowest BCUT2D eigenvalue weighted by atomic mass is 9.99. The zero-order valence-electron chi connectivity index (χ0n) is 11.2. The molecule has 0 aromatic heterocycles. The van der Waals surface area contributed by atoms with Crippen LogP contribution in [0.3, 0.4) is 0 Å². The number of rotatable bonds is 2. The van der Waals surface area contributed by atoms with Crippen molar-refractivity contribution in [1.29, 1.82) is 0 Å². The number of nitrogens with zero attached hydrogens (tertiary/aromatic N) is 1. The highest BCUT2D eigenvalue weighted by molar-refractivity contribution is 5.94. The van der Waals surface area contributed by atoms with Crippen molar-refractivity contribution in [3.05, 3.63) is 29.8 Å². The molecule has 1 fully saturated rings. The van der Waals surface area contributed by atoms with Gasteiger partial charge in [-0.2, -0.15) is 0 Å². The highest BCUT2D eigenvalue weighted by Gasteiger charge is 2.39. The third kappa shape index (κ3) is 2.08. The highest BCUT2D eigenvalue weighted by Crippen LogP contribution is 2.31. The minimum absolute atomic E-state index is 0.338. The van der Waals surface area contributed by atoms with Gasteiger partial charge in [0.05, 0.1) is 5.54 Å². The lowest BCUT2D eigenvalue weighted by molar-refractivity contribution is -0.120. The third-order valence-corrected chi connectivity index (χ3v) is 3.79. The molecule has 1 aromatic rings. The standard InChI is InChI=1S/C15H21NO/c1-11(2)12-5-7-13(8-6-12)16-10-9-14(17)15(16,3)4/h5-8,11H,9-10H2,1-4H3. The number of benzene rings is 1. The van der Waals surface area contributed by atoms with Gasteiger partial charge in [0.25, 0.3) is 0 Å². The quantitative estimate of drug-likeness (QED) is 0.777. The number of carbonyl (C=O) groups excluding carboxylic acids is 1. The monoisotopic (exact) mass is 231 g/mol. The number of Topliss-reactive ketones (excluding diaryl/α,β-unsaturated/α-hetero) is 1. The maximum Gasteiger partial charge on any atom is 0.159 e. The van der Waals surface area contributed by atoms with E-state index in [0.29, 0.717) is 18.1 Å². The summed E-state index contributed by atoms with van der Waals surface area (Å²) in [5.41, 5.74) is 2.15. The first-order chi connectivity index (χ1) is 7.93. The lowest BCUT2D eigenvalue weighted by Crippen LogP contribution is -2.42. The second-order valence-corrected chi connectivity index (χ2v) is 5.63. The largest absolute Gasteiger partial charge is 0.359 e. The predicted octanol–water partition coefficient (Wildman–Crippen LogP) is 3.37. The van der Waals surface area contributed by atoms with Crippen molar-refractivity contribution in [1.82, 2.24) is 0 Å². The normalized spacial score (nSPS) is 19.1. The summed E-state index contributed by atoms with van der Waals surface area (Å²) in [4.78, 5) is 14.0. The summed E-state index contributed by atoms with van der Waals surface area (Å²) in [7, 11) is 0. The van der Waals surface area contributed by atoms with E-state index in [2.05, 4.69) is 43.0 Å². The topological polar surface area (TPSA) is 20.3 Å². The Morgan fingerprint density at radius 1 is 1.18 bits per heavy atom. The molecule has 0 saturated carbocycles. The van der Waals surface area contributed by atoms with Crippen LogP contribution in [0, 0.1) is 0 Å². The van der Waals surface area contributed by atoms with E-state index in [0.717, 1.165) is 12.2 Å². The summed E-state index contributed by atoms with van der Waals surface area (Å²) in [5, 5.41) is 0. The van der Waals surface area contributed by atoms with Gasteiger partial charge in [-0.1, -0.05) is 26.0 Å². The first-order valence-corrected chi connectivity index (χ1v) is 6.34. The smallest absolute Gasteiger partial charge is 0.159 e. The van der Waals surface area contributed by atoms with E-state index in [1.807, 2.05) is 13.8 Å². The predicted molar refractivity (Wildman–Crippen MR) is 71.6 cm³/mol. The number of carbonyl (C=O) groups is 1. The molecule has 0 bridgehead atoms. The molecule has 1 saturated heterocycles. The number of hydrogen-bond acceptors (Lipinski definition) is 2. The van der Waals surface area contributed by atoms with Crippen LogP contribution >= 0.6 is 0 Å². The Labute approximate surface area is 104 Å². The molecule has 0 radical (unpaired) electrons. The Hall–Kier alpha value is -1.31. The zero-order valence-corrected chi connectivity index (χ0v) is 11.2. The molecule has 2 rings (SSSR count). The molecule has 1 heterocycles. The second-order valence-electron chi connectivity index (χ2n) is 5.63. The average Bonchev–Trinajstić information content (AvgIpc) is 2.54. The number of anilines is 1. The van der Waals surface area contributed by atoms with E-state index in [-0.39, 0.29) is 5.54 Å². The number of hydrogen-bond donors (Lipinski definition) is 0. The van der Waals surface area contributed by atoms with Gasteiger partial charge >= 0.3 is 0 Å². The SMILES string of the molecule is CC(C)c1ccc(N2CCC(=O)C2(C)C)cc1. The zero-order chi connectivity index (χ0) is 12.6. The molecule has 0 unspecified atom stereocenters. The van der Waals surface area contributed by atoms with Gasteiger partial charge in [-0.3, -0.25) is 4.79 Å². The second kappa shape index (κ2) is 4.17. The molecular weight excluding hydrogens is 210 g/mol. The van der Waals surface area contributed by atoms with Crippen molar-refractivity contribution in [3.8, 4) is 0 Å². The molecule has 0 aliphatic carbocycles. The van der Waals surface area contributed by atoms with Crippen LogP contribution in [-0.2, 0) is 4.79 Å². The van der Waals surface area contributed by atoms with Gasteiger partial charge in [0, 0.05) is 18.7 Å². The molecule has 1 aromatic carbocycles. The fraction of sp³-hybridized carbons (Fsp3) is 0.533. The molecular formula is C15H21NO. The van der Waals surface area contributed by atoms with Gasteiger partial charge in [-0.05, 0) is 37.5 Å². The van der Waals surface area contributed by atoms with E-state index in [4.69, 9.17) is 0 Å². The Bertz CT molecular complexity index is 417. The number of ketones is 1. The van der Waals surface area contributed by atoms with Crippen molar-refractivity contribution < 1.29 is 4.79 Å². The Kier molecular flexibility index (Phi) is 2.98. The van der Waals surface area contributed by atoms with E-state index in [1.165, 1.54) is 5.56 Å². The lowest BCUT2D eigenvalue weighted by Gasteiger charge is -2.32. The molecule has 2 nitrogen and oxygen atoms in total. The van der Waals surface area contributed by atoms with Gasteiger partial charge in [-0.25, -0.2) is 0 Å². The molecule has 0 amide bonds. The summed E-state index contributed by atoms with van der Waals surface area (Å²) in [6, 6.07) is 8.60. The van der Waals surface area contributed by atoms with Crippen LogP contribution in [0.2, 0.25) is 0 Å². The van der Waals surface area contributed by atoms with Crippen LogP contribution in [0.1, 0.15) is 45.6 Å². The summed E-state index contributed by atoms with van der Waals surface area (Å²) < 4.78 is 0. The summed E-state index contributed by atoms with van der Waals surface area (Å²) in [5.74, 6) is 0.891.